The number of carbonyl (C=O) groups excluding carboxylic acids is 1. The van der Waals surface area contributed by atoms with Gasteiger partial charge in [0.15, 0.2) is 0 Å². The van der Waals surface area contributed by atoms with Crippen LogP contribution in [0.2, 0.25) is 0 Å². The lowest BCUT2D eigenvalue weighted by Gasteiger charge is -2.26. The van der Waals surface area contributed by atoms with Crippen LogP contribution in [0.4, 0.5) is 4.79 Å². The number of nitrogens with one attached hydrogen (secondary N) is 2. The molecular weight excluding hydrogens is 308 g/mol. The van der Waals surface area contributed by atoms with Crippen LogP contribution in [0.5, 0.6) is 5.75 Å². The van der Waals surface area contributed by atoms with Crippen LogP contribution in [0, 0.1) is 0 Å². The number of carbonyl (C=O) groups is 1. The Morgan fingerprint density at radius 3 is 2.87 bits per heavy atom. The van der Waals surface area contributed by atoms with Crippen LogP contribution in [0.15, 0.2) is 53.4 Å². The molecule has 2 amide bonds. The number of rotatable bonds is 4. The van der Waals surface area contributed by atoms with E-state index >= 15 is 0 Å². The van der Waals surface area contributed by atoms with Crippen LogP contribution in [0.3, 0.4) is 0 Å². The standard InChI is InChI=1S/C18H20N2O2S/c1-22-16-8-4-2-6-13(16)12-19-18(21)20-15-10-11-23-17-9-5-3-7-14(15)17/h2-9,15H,10-12H2,1H3,(H2,19,20,21)/t15-/m0/s1. The average molecular weight is 328 g/mol. The molecule has 3 rings (SSSR count). The van der Waals surface area contributed by atoms with Gasteiger partial charge in [0.05, 0.1) is 13.2 Å². The van der Waals surface area contributed by atoms with Crippen molar-refractivity contribution in [3.8, 4) is 5.75 Å². The van der Waals surface area contributed by atoms with Gasteiger partial charge in [0.2, 0.25) is 0 Å². The first-order valence-electron chi connectivity index (χ1n) is 7.66. The maximum atomic E-state index is 12.2. The molecule has 2 aromatic rings. The Morgan fingerprint density at radius 1 is 1.22 bits per heavy atom. The third kappa shape index (κ3) is 3.79. The average Bonchev–Trinajstić information content (AvgIpc) is 2.60. The molecule has 0 bridgehead atoms. The lowest BCUT2D eigenvalue weighted by atomic mass is 10.0. The van der Waals surface area contributed by atoms with E-state index in [0.717, 1.165) is 23.5 Å². The quantitative estimate of drug-likeness (QED) is 0.899. The fraction of sp³-hybridized carbons (Fsp3) is 0.278. The molecular formula is C18H20N2O2S. The minimum Gasteiger partial charge on any atom is -0.496 e. The SMILES string of the molecule is COc1ccccc1CNC(=O)N[C@H]1CCSc2ccccc21. The number of hydrogen-bond donors (Lipinski definition) is 2. The molecule has 4 nitrogen and oxygen atoms in total. The van der Waals surface area contributed by atoms with Crippen molar-refractivity contribution >= 4 is 17.8 Å². The molecule has 0 aliphatic carbocycles. The monoisotopic (exact) mass is 328 g/mol. The molecule has 0 spiro atoms. The topological polar surface area (TPSA) is 50.4 Å². The van der Waals surface area contributed by atoms with Gasteiger partial charge in [0.25, 0.3) is 0 Å². The van der Waals surface area contributed by atoms with Crippen LogP contribution < -0.4 is 15.4 Å². The fourth-order valence-corrected chi connectivity index (χ4v) is 3.85. The largest absolute Gasteiger partial charge is 0.496 e. The van der Waals surface area contributed by atoms with Gasteiger partial charge in [-0.1, -0.05) is 36.4 Å². The fourth-order valence-electron chi connectivity index (χ4n) is 2.73. The molecule has 0 unspecified atom stereocenters. The van der Waals surface area contributed by atoms with E-state index in [1.807, 2.05) is 48.2 Å². The summed E-state index contributed by atoms with van der Waals surface area (Å²) in [7, 11) is 1.63. The van der Waals surface area contributed by atoms with Crippen LogP contribution >= 0.6 is 11.8 Å². The van der Waals surface area contributed by atoms with Gasteiger partial charge in [0, 0.05) is 22.8 Å². The van der Waals surface area contributed by atoms with Crippen molar-refractivity contribution in [1.82, 2.24) is 10.6 Å². The smallest absolute Gasteiger partial charge is 0.315 e. The van der Waals surface area contributed by atoms with E-state index in [1.165, 1.54) is 10.5 Å². The van der Waals surface area contributed by atoms with E-state index in [0.29, 0.717) is 6.54 Å². The highest BCUT2D eigenvalue weighted by atomic mass is 32.2. The molecule has 0 saturated heterocycles. The van der Waals surface area contributed by atoms with Crippen molar-refractivity contribution in [1.29, 1.82) is 0 Å². The lowest BCUT2D eigenvalue weighted by Crippen LogP contribution is -2.38. The third-order valence-electron chi connectivity index (χ3n) is 3.90. The number of hydrogen-bond acceptors (Lipinski definition) is 3. The highest BCUT2D eigenvalue weighted by Gasteiger charge is 2.21. The molecule has 23 heavy (non-hydrogen) atoms. The molecule has 0 fully saturated rings. The highest BCUT2D eigenvalue weighted by Crippen LogP contribution is 2.35. The normalized spacial score (nSPS) is 16.3. The molecule has 0 radical (unpaired) electrons. The van der Waals surface area contributed by atoms with E-state index < -0.39 is 0 Å². The molecule has 1 heterocycles. The summed E-state index contributed by atoms with van der Waals surface area (Å²) in [5.41, 5.74) is 2.17. The zero-order valence-electron chi connectivity index (χ0n) is 13.0. The van der Waals surface area contributed by atoms with Crippen molar-refractivity contribution in [3.63, 3.8) is 0 Å². The van der Waals surface area contributed by atoms with Crippen molar-refractivity contribution in [2.45, 2.75) is 23.9 Å². The zero-order valence-corrected chi connectivity index (χ0v) is 13.9. The van der Waals surface area contributed by atoms with Gasteiger partial charge >= 0.3 is 6.03 Å². The molecule has 1 aliphatic heterocycles. The summed E-state index contributed by atoms with van der Waals surface area (Å²) in [6.07, 6.45) is 0.948. The predicted octanol–water partition coefficient (Wildman–Crippen LogP) is 3.73. The Labute approximate surface area is 140 Å². The summed E-state index contributed by atoms with van der Waals surface area (Å²) in [5, 5.41) is 5.99. The number of urea groups is 1. The van der Waals surface area contributed by atoms with E-state index in [9.17, 15) is 4.79 Å². The first-order chi connectivity index (χ1) is 11.3. The summed E-state index contributed by atoms with van der Waals surface area (Å²) >= 11 is 1.85. The van der Waals surface area contributed by atoms with Crippen molar-refractivity contribution in [2.24, 2.45) is 0 Å². The summed E-state index contributed by atoms with van der Waals surface area (Å²) in [4.78, 5) is 13.5. The molecule has 2 aromatic carbocycles. The second kappa shape index (κ2) is 7.42. The Hall–Kier alpha value is -2.14. The zero-order chi connectivity index (χ0) is 16.1. The van der Waals surface area contributed by atoms with Crippen molar-refractivity contribution in [3.05, 3.63) is 59.7 Å². The molecule has 1 atom stereocenters. The van der Waals surface area contributed by atoms with Gasteiger partial charge in [-0.2, -0.15) is 0 Å². The Balaban J connectivity index is 1.60. The van der Waals surface area contributed by atoms with E-state index in [4.69, 9.17) is 4.74 Å². The number of thioether (sulfide) groups is 1. The number of ether oxygens (including phenoxy) is 1. The number of para-hydroxylation sites is 1. The molecule has 1 aliphatic rings. The number of benzene rings is 2. The van der Waals surface area contributed by atoms with E-state index in [2.05, 4.69) is 22.8 Å². The van der Waals surface area contributed by atoms with Gasteiger partial charge in [-0.15, -0.1) is 11.8 Å². The Kier molecular flexibility index (Phi) is 5.08. The minimum atomic E-state index is -0.150. The maximum absolute atomic E-state index is 12.2. The first-order valence-corrected chi connectivity index (χ1v) is 8.64. The summed E-state index contributed by atoms with van der Waals surface area (Å²) in [6.45, 7) is 0.443. The van der Waals surface area contributed by atoms with E-state index in [1.54, 1.807) is 7.11 Å². The Bertz CT molecular complexity index is 690. The second-order valence-electron chi connectivity index (χ2n) is 5.37. The summed E-state index contributed by atoms with van der Waals surface area (Å²) in [5.74, 6) is 1.81. The molecule has 0 aromatic heterocycles. The summed E-state index contributed by atoms with van der Waals surface area (Å²) < 4.78 is 5.30. The number of fused-ring (bicyclic) bond motifs is 1. The van der Waals surface area contributed by atoms with Crippen LogP contribution in [0.25, 0.3) is 0 Å². The van der Waals surface area contributed by atoms with Gasteiger partial charge in [-0.05, 0) is 24.1 Å². The first kappa shape index (κ1) is 15.7. The number of methoxy groups -OCH3 is 1. The second-order valence-corrected chi connectivity index (χ2v) is 6.50. The van der Waals surface area contributed by atoms with Crippen molar-refractivity contribution in [2.75, 3.05) is 12.9 Å². The van der Waals surface area contributed by atoms with Crippen LogP contribution in [-0.4, -0.2) is 18.9 Å². The van der Waals surface area contributed by atoms with Gasteiger partial charge in [-0.25, -0.2) is 4.79 Å². The third-order valence-corrected chi connectivity index (χ3v) is 5.02. The highest BCUT2D eigenvalue weighted by molar-refractivity contribution is 7.99. The Morgan fingerprint density at radius 2 is 2.00 bits per heavy atom. The van der Waals surface area contributed by atoms with Gasteiger partial charge in [-0.3, -0.25) is 0 Å². The predicted molar refractivity (Wildman–Crippen MR) is 92.9 cm³/mol. The molecule has 2 N–H and O–H groups in total. The number of amides is 2. The van der Waals surface area contributed by atoms with Gasteiger partial charge in [0.1, 0.15) is 5.75 Å². The van der Waals surface area contributed by atoms with Crippen molar-refractivity contribution < 1.29 is 9.53 Å². The lowest BCUT2D eigenvalue weighted by molar-refractivity contribution is 0.236. The van der Waals surface area contributed by atoms with Gasteiger partial charge < -0.3 is 15.4 Å². The maximum Gasteiger partial charge on any atom is 0.315 e. The molecule has 120 valence electrons. The molecule has 0 saturated carbocycles. The minimum absolute atomic E-state index is 0.0742. The van der Waals surface area contributed by atoms with Crippen LogP contribution in [0.1, 0.15) is 23.6 Å². The van der Waals surface area contributed by atoms with Crippen LogP contribution in [-0.2, 0) is 6.54 Å². The molecule has 5 heteroatoms. The van der Waals surface area contributed by atoms with E-state index in [-0.39, 0.29) is 12.1 Å². The summed E-state index contributed by atoms with van der Waals surface area (Å²) in [6, 6.07) is 15.9.